The molecule has 0 aliphatic heterocycles. The lowest BCUT2D eigenvalue weighted by atomic mass is 10.0. The molecule has 0 aliphatic carbocycles. The topological polar surface area (TPSA) is 78.9 Å². The van der Waals surface area contributed by atoms with Crippen molar-refractivity contribution in [3.05, 3.63) is 72.9 Å². The van der Waals surface area contributed by atoms with Crippen molar-refractivity contribution < 1.29 is 28.6 Å². The van der Waals surface area contributed by atoms with Crippen LogP contribution < -0.4 is 0 Å². The smallest absolute Gasteiger partial charge is 0.306 e. The molecule has 77 heavy (non-hydrogen) atoms. The predicted octanol–water partition coefficient (Wildman–Crippen LogP) is 22.9. The van der Waals surface area contributed by atoms with Gasteiger partial charge in [-0.2, -0.15) is 0 Å². The summed E-state index contributed by atoms with van der Waals surface area (Å²) in [5.41, 5.74) is 0. The molecule has 0 aliphatic rings. The molecular formula is C71H126O6. The van der Waals surface area contributed by atoms with E-state index in [1.165, 1.54) is 218 Å². The number of hydrogen-bond acceptors (Lipinski definition) is 6. The molecule has 0 fully saturated rings. The quantitative estimate of drug-likeness (QED) is 0.0261. The zero-order valence-electron chi connectivity index (χ0n) is 51.2. The van der Waals surface area contributed by atoms with Gasteiger partial charge in [0.15, 0.2) is 6.10 Å². The van der Waals surface area contributed by atoms with Crippen molar-refractivity contribution in [2.45, 2.75) is 348 Å². The molecule has 0 spiro atoms. The standard InChI is InChI=1S/C71H126O6/c1-4-7-10-13-16-19-22-25-28-30-32-33-34-35-36-37-38-40-41-43-46-49-52-55-58-61-64-70(73)76-67-68(66-75-69(72)63-60-57-54-51-48-45-27-24-21-18-15-12-9-6-3)77-71(74)65-62-59-56-53-50-47-44-42-39-31-29-26-23-20-17-14-11-8-5-2/h8,11,17,20,26,29,39,42,47,50,56,59,68H,4-7,9-10,12-16,18-19,21-25,27-28,30-38,40-41,43-46,48-49,51-55,57-58,60-67H2,1-3H3/b11-8-,20-17-,29-26-,42-39-,50-47-,59-56-. The fourth-order valence-electron chi connectivity index (χ4n) is 9.77. The van der Waals surface area contributed by atoms with Crippen molar-refractivity contribution in [3.63, 3.8) is 0 Å². The SMILES string of the molecule is CC/C=C\C/C=C\C/C=C\C/C=C\C/C=C\C/C=C\CCC(=O)OC(COC(=O)CCCCCCCCCCCCCCCC)COC(=O)CCCCCCCCCCCCCCCCCCCCCCCCCCCC. The molecule has 0 amide bonds. The van der Waals surface area contributed by atoms with Gasteiger partial charge in [0.2, 0.25) is 0 Å². The van der Waals surface area contributed by atoms with Crippen LogP contribution in [0.25, 0.3) is 0 Å². The minimum absolute atomic E-state index is 0.101. The summed E-state index contributed by atoms with van der Waals surface area (Å²) in [6.45, 7) is 6.52. The van der Waals surface area contributed by atoms with Crippen LogP contribution in [-0.2, 0) is 28.6 Å². The van der Waals surface area contributed by atoms with Crippen LogP contribution in [0.15, 0.2) is 72.9 Å². The van der Waals surface area contributed by atoms with Crippen LogP contribution in [0.1, 0.15) is 342 Å². The van der Waals surface area contributed by atoms with Gasteiger partial charge in [-0.25, -0.2) is 0 Å². The van der Waals surface area contributed by atoms with Crippen LogP contribution in [0, 0.1) is 0 Å². The van der Waals surface area contributed by atoms with E-state index >= 15 is 0 Å². The van der Waals surface area contributed by atoms with Crippen LogP contribution in [0.2, 0.25) is 0 Å². The monoisotopic (exact) mass is 1070 g/mol. The van der Waals surface area contributed by atoms with Gasteiger partial charge in [0, 0.05) is 19.3 Å². The number of unbranched alkanes of at least 4 members (excludes halogenated alkanes) is 38. The van der Waals surface area contributed by atoms with E-state index in [-0.39, 0.29) is 37.5 Å². The van der Waals surface area contributed by atoms with Gasteiger partial charge in [-0.15, -0.1) is 0 Å². The highest BCUT2D eigenvalue weighted by molar-refractivity contribution is 5.71. The molecule has 446 valence electrons. The first kappa shape index (κ1) is 73.8. The molecule has 0 N–H and O–H groups in total. The second-order valence-corrected chi connectivity index (χ2v) is 22.4. The Balaban J connectivity index is 4.33. The zero-order valence-corrected chi connectivity index (χ0v) is 51.2. The third-order valence-electron chi connectivity index (χ3n) is 14.7. The van der Waals surface area contributed by atoms with Crippen molar-refractivity contribution in [2.75, 3.05) is 13.2 Å². The molecule has 6 nitrogen and oxygen atoms in total. The van der Waals surface area contributed by atoms with Gasteiger partial charge in [0.25, 0.3) is 0 Å². The summed E-state index contributed by atoms with van der Waals surface area (Å²) < 4.78 is 16.9. The van der Waals surface area contributed by atoms with E-state index in [1.807, 2.05) is 6.08 Å². The highest BCUT2D eigenvalue weighted by atomic mass is 16.6. The van der Waals surface area contributed by atoms with Crippen molar-refractivity contribution in [1.29, 1.82) is 0 Å². The molecule has 1 atom stereocenters. The minimum Gasteiger partial charge on any atom is -0.462 e. The Labute approximate surface area is 478 Å². The summed E-state index contributed by atoms with van der Waals surface area (Å²) in [7, 11) is 0. The number of esters is 3. The fourth-order valence-corrected chi connectivity index (χ4v) is 9.77. The van der Waals surface area contributed by atoms with Gasteiger partial charge in [-0.1, -0.05) is 338 Å². The molecular weight excluding hydrogens is 949 g/mol. The average Bonchev–Trinajstić information content (AvgIpc) is 3.43. The van der Waals surface area contributed by atoms with E-state index in [1.54, 1.807) is 0 Å². The number of carbonyl (C=O) groups excluding carboxylic acids is 3. The van der Waals surface area contributed by atoms with Crippen molar-refractivity contribution >= 4 is 17.9 Å². The number of carbonyl (C=O) groups is 3. The maximum Gasteiger partial charge on any atom is 0.306 e. The third kappa shape index (κ3) is 63.6. The summed E-state index contributed by atoms with van der Waals surface area (Å²) in [4.78, 5) is 38.3. The molecule has 0 bridgehead atoms. The van der Waals surface area contributed by atoms with Gasteiger partial charge in [-0.05, 0) is 57.8 Å². The third-order valence-corrected chi connectivity index (χ3v) is 14.7. The second kappa shape index (κ2) is 65.4. The van der Waals surface area contributed by atoms with Crippen molar-refractivity contribution in [2.24, 2.45) is 0 Å². The molecule has 6 heteroatoms. The second-order valence-electron chi connectivity index (χ2n) is 22.4. The molecule has 0 saturated carbocycles. The largest absolute Gasteiger partial charge is 0.462 e. The number of rotatable bonds is 61. The minimum atomic E-state index is -0.814. The maximum atomic E-state index is 12.9. The maximum absolute atomic E-state index is 12.9. The summed E-state index contributed by atoms with van der Waals surface area (Å²) in [5, 5.41) is 0. The predicted molar refractivity (Wildman–Crippen MR) is 335 cm³/mol. The molecule has 0 saturated heterocycles. The molecule has 1 unspecified atom stereocenters. The Hall–Kier alpha value is -3.15. The summed E-state index contributed by atoms with van der Waals surface area (Å²) in [6, 6.07) is 0. The highest BCUT2D eigenvalue weighted by Gasteiger charge is 2.19. The summed E-state index contributed by atoms with van der Waals surface area (Å²) >= 11 is 0. The lowest BCUT2D eigenvalue weighted by Crippen LogP contribution is -2.30. The molecule has 0 radical (unpaired) electrons. The van der Waals surface area contributed by atoms with E-state index in [9.17, 15) is 14.4 Å². The van der Waals surface area contributed by atoms with E-state index < -0.39 is 6.10 Å². The molecule has 0 aromatic rings. The van der Waals surface area contributed by atoms with Crippen molar-refractivity contribution in [1.82, 2.24) is 0 Å². The zero-order chi connectivity index (χ0) is 55.7. The van der Waals surface area contributed by atoms with Crippen LogP contribution in [0.3, 0.4) is 0 Å². The van der Waals surface area contributed by atoms with Crippen LogP contribution in [0.5, 0.6) is 0 Å². The highest BCUT2D eigenvalue weighted by Crippen LogP contribution is 2.18. The molecule has 0 aromatic heterocycles. The van der Waals surface area contributed by atoms with Gasteiger partial charge < -0.3 is 14.2 Å². The normalized spacial score (nSPS) is 12.5. The number of ether oxygens (including phenoxy) is 3. The first-order valence-electron chi connectivity index (χ1n) is 33.4. The van der Waals surface area contributed by atoms with Gasteiger partial charge in [0.05, 0.1) is 0 Å². The van der Waals surface area contributed by atoms with Crippen molar-refractivity contribution in [3.8, 4) is 0 Å². The molecule has 0 heterocycles. The van der Waals surface area contributed by atoms with E-state index in [0.717, 1.165) is 77.0 Å². The summed E-state index contributed by atoms with van der Waals surface area (Å²) in [5.74, 6) is -0.967. The van der Waals surface area contributed by atoms with Crippen LogP contribution in [-0.4, -0.2) is 37.2 Å². The van der Waals surface area contributed by atoms with Gasteiger partial charge in [0.1, 0.15) is 13.2 Å². The number of allylic oxidation sites excluding steroid dienone is 12. The van der Waals surface area contributed by atoms with Gasteiger partial charge in [-0.3, -0.25) is 14.4 Å². The Morgan fingerprint density at radius 2 is 0.506 bits per heavy atom. The number of hydrogen-bond donors (Lipinski definition) is 0. The lowest BCUT2D eigenvalue weighted by molar-refractivity contribution is -0.166. The van der Waals surface area contributed by atoms with Crippen LogP contribution >= 0.6 is 0 Å². The molecule has 0 rings (SSSR count). The van der Waals surface area contributed by atoms with Crippen LogP contribution in [0.4, 0.5) is 0 Å². The van der Waals surface area contributed by atoms with Gasteiger partial charge >= 0.3 is 17.9 Å². The Morgan fingerprint density at radius 3 is 0.766 bits per heavy atom. The average molecular weight is 1080 g/mol. The fraction of sp³-hybridized carbons (Fsp3) is 0.789. The first-order valence-corrected chi connectivity index (χ1v) is 33.4. The van der Waals surface area contributed by atoms with E-state index in [0.29, 0.717) is 19.3 Å². The Kier molecular flexibility index (Phi) is 62.7. The Bertz CT molecular complexity index is 1420. The first-order chi connectivity index (χ1) is 38.0. The molecule has 0 aromatic carbocycles. The summed E-state index contributed by atoms with van der Waals surface area (Å²) in [6.07, 6.45) is 85.1. The van der Waals surface area contributed by atoms with E-state index in [2.05, 4.69) is 87.6 Å². The lowest BCUT2D eigenvalue weighted by Gasteiger charge is -2.18. The van der Waals surface area contributed by atoms with E-state index in [4.69, 9.17) is 14.2 Å². The Morgan fingerprint density at radius 1 is 0.273 bits per heavy atom.